The number of fused-ring (bicyclic) bond motifs is 1. The first kappa shape index (κ1) is 16.1. The fraction of sp³-hybridized carbons (Fsp3) is 0.211. The molecule has 0 bridgehead atoms. The second-order valence-corrected chi connectivity index (χ2v) is 5.55. The van der Waals surface area contributed by atoms with Gasteiger partial charge in [0.25, 0.3) is 0 Å². The number of amides is 1. The molecule has 1 amide bonds. The number of carbonyl (C=O) groups is 1. The molecular weight excluding hydrogens is 306 g/mol. The topological polar surface area (TPSA) is 71.7 Å². The van der Waals surface area contributed by atoms with Crippen molar-refractivity contribution in [3.8, 4) is 0 Å². The number of aliphatic hydroxyl groups is 1. The number of hydrogen-bond donors (Lipinski definition) is 2. The summed E-state index contributed by atoms with van der Waals surface area (Å²) >= 11 is 0. The molecule has 124 valence electrons. The van der Waals surface area contributed by atoms with Crippen LogP contribution in [0.2, 0.25) is 0 Å². The van der Waals surface area contributed by atoms with Gasteiger partial charge in [-0.05, 0) is 18.6 Å². The zero-order chi connectivity index (χ0) is 16.9. The van der Waals surface area contributed by atoms with Gasteiger partial charge in [0.1, 0.15) is 24.1 Å². The predicted molar refractivity (Wildman–Crippen MR) is 90.5 cm³/mol. The minimum atomic E-state index is -0.929. The van der Waals surface area contributed by atoms with E-state index in [4.69, 9.17) is 9.15 Å². The molecule has 1 atom stereocenters. The van der Waals surface area contributed by atoms with Gasteiger partial charge >= 0.3 is 6.09 Å². The Labute approximate surface area is 139 Å². The smallest absolute Gasteiger partial charge is 0.407 e. The Morgan fingerprint density at radius 3 is 2.62 bits per heavy atom. The van der Waals surface area contributed by atoms with Gasteiger partial charge in [0, 0.05) is 10.9 Å². The Morgan fingerprint density at radius 1 is 1.17 bits per heavy atom. The van der Waals surface area contributed by atoms with Gasteiger partial charge in [-0.3, -0.25) is 0 Å². The van der Waals surface area contributed by atoms with Crippen molar-refractivity contribution in [2.24, 2.45) is 0 Å². The number of benzene rings is 2. The molecule has 1 heterocycles. The predicted octanol–water partition coefficient (Wildman–Crippen LogP) is 3.70. The van der Waals surface area contributed by atoms with Crippen LogP contribution in [0.15, 0.2) is 59.0 Å². The van der Waals surface area contributed by atoms with Gasteiger partial charge in [0.05, 0.1) is 6.54 Å². The monoisotopic (exact) mass is 325 g/mol. The number of furan rings is 1. The second kappa shape index (κ2) is 7.19. The number of nitrogens with one attached hydrogen (secondary N) is 1. The highest BCUT2D eigenvalue weighted by molar-refractivity contribution is 5.82. The molecule has 2 N–H and O–H groups in total. The van der Waals surface area contributed by atoms with E-state index >= 15 is 0 Å². The SMILES string of the molecule is Cc1c([C@H](O)CNC(=O)OCc2ccccc2)oc2ccccc12. The van der Waals surface area contributed by atoms with Gasteiger partial charge in [-0.1, -0.05) is 48.5 Å². The maximum Gasteiger partial charge on any atom is 0.407 e. The molecule has 24 heavy (non-hydrogen) atoms. The number of rotatable bonds is 5. The van der Waals surface area contributed by atoms with E-state index in [0.29, 0.717) is 5.76 Å². The summed E-state index contributed by atoms with van der Waals surface area (Å²) in [6.45, 7) is 2.10. The van der Waals surface area contributed by atoms with E-state index in [0.717, 1.165) is 22.1 Å². The van der Waals surface area contributed by atoms with Crippen LogP contribution in [0.1, 0.15) is 23.0 Å². The van der Waals surface area contributed by atoms with E-state index in [1.807, 2.05) is 61.5 Å². The highest BCUT2D eigenvalue weighted by Crippen LogP contribution is 2.28. The highest BCUT2D eigenvalue weighted by Gasteiger charge is 2.18. The van der Waals surface area contributed by atoms with E-state index in [-0.39, 0.29) is 13.2 Å². The largest absolute Gasteiger partial charge is 0.458 e. The zero-order valence-corrected chi connectivity index (χ0v) is 13.4. The fourth-order valence-electron chi connectivity index (χ4n) is 2.56. The van der Waals surface area contributed by atoms with Crippen molar-refractivity contribution in [1.82, 2.24) is 5.32 Å². The van der Waals surface area contributed by atoms with E-state index in [2.05, 4.69) is 5.32 Å². The molecule has 0 spiro atoms. The van der Waals surface area contributed by atoms with Crippen molar-refractivity contribution in [1.29, 1.82) is 0 Å². The molecule has 0 aliphatic rings. The van der Waals surface area contributed by atoms with Crippen LogP contribution in [0, 0.1) is 6.92 Å². The molecule has 0 saturated heterocycles. The summed E-state index contributed by atoms with van der Waals surface area (Å²) in [5.41, 5.74) is 2.49. The molecule has 0 saturated carbocycles. The van der Waals surface area contributed by atoms with Gasteiger partial charge in [-0.15, -0.1) is 0 Å². The Hall–Kier alpha value is -2.79. The summed E-state index contributed by atoms with van der Waals surface area (Å²) in [5.74, 6) is 0.458. The van der Waals surface area contributed by atoms with Gasteiger partial charge in [-0.25, -0.2) is 4.79 Å². The van der Waals surface area contributed by atoms with Gasteiger partial charge in [0.15, 0.2) is 0 Å². The van der Waals surface area contributed by atoms with Crippen molar-refractivity contribution >= 4 is 17.1 Å². The Balaban J connectivity index is 1.55. The molecule has 5 nitrogen and oxygen atoms in total. The van der Waals surface area contributed by atoms with Gasteiger partial charge < -0.3 is 19.6 Å². The van der Waals surface area contributed by atoms with Crippen LogP contribution in [-0.2, 0) is 11.3 Å². The van der Waals surface area contributed by atoms with Crippen molar-refractivity contribution < 1.29 is 19.1 Å². The summed E-state index contributed by atoms with van der Waals surface area (Å²) in [6.07, 6.45) is -1.51. The lowest BCUT2D eigenvalue weighted by Gasteiger charge is -2.11. The molecule has 2 aromatic carbocycles. The van der Waals surface area contributed by atoms with Crippen LogP contribution in [0.4, 0.5) is 4.79 Å². The maximum atomic E-state index is 11.7. The number of alkyl carbamates (subject to hydrolysis) is 1. The minimum absolute atomic E-state index is 0.0221. The molecule has 0 fully saturated rings. The van der Waals surface area contributed by atoms with Crippen molar-refractivity contribution in [3.63, 3.8) is 0 Å². The van der Waals surface area contributed by atoms with Crippen molar-refractivity contribution in [3.05, 3.63) is 71.5 Å². The van der Waals surface area contributed by atoms with E-state index in [9.17, 15) is 9.90 Å². The second-order valence-electron chi connectivity index (χ2n) is 5.55. The average molecular weight is 325 g/mol. The quantitative estimate of drug-likeness (QED) is 0.750. The summed E-state index contributed by atoms with van der Waals surface area (Å²) in [7, 11) is 0. The number of hydrogen-bond acceptors (Lipinski definition) is 4. The third-order valence-corrected chi connectivity index (χ3v) is 3.84. The van der Waals surface area contributed by atoms with Gasteiger partial charge in [0.2, 0.25) is 0 Å². The first-order valence-electron chi connectivity index (χ1n) is 7.76. The number of carbonyl (C=O) groups excluding carboxylic acids is 1. The molecule has 0 aliphatic heterocycles. The van der Waals surface area contributed by atoms with Gasteiger partial charge in [-0.2, -0.15) is 0 Å². The first-order chi connectivity index (χ1) is 11.6. The Bertz CT molecular complexity index is 826. The molecular formula is C19H19NO4. The van der Waals surface area contributed by atoms with E-state index in [1.54, 1.807) is 0 Å². The van der Waals surface area contributed by atoms with Crippen LogP contribution in [0.3, 0.4) is 0 Å². The molecule has 0 aliphatic carbocycles. The average Bonchev–Trinajstić information content (AvgIpc) is 2.96. The lowest BCUT2D eigenvalue weighted by molar-refractivity contribution is 0.119. The summed E-state index contributed by atoms with van der Waals surface area (Å²) in [4.78, 5) is 11.7. The Kier molecular flexibility index (Phi) is 4.82. The minimum Gasteiger partial charge on any atom is -0.458 e. The van der Waals surface area contributed by atoms with E-state index in [1.165, 1.54) is 0 Å². The maximum absolute atomic E-state index is 11.7. The number of aliphatic hydroxyl groups excluding tert-OH is 1. The summed E-state index contributed by atoms with van der Waals surface area (Å²) in [6, 6.07) is 17.0. The molecule has 5 heteroatoms. The lowest BCUT2D eigenvalue weighted by Crippen LogP contribution is -2.29. The van der Waals surface area contributed by atoms with Crippen LogP contribution in [0.5, 0.6) is 0 Å². The fourth-order valence-corrected chi connectivity index (χ4v) is 2.56. The first-order valence-corrected chi connectivity index (χ1v) is 7.76. The lowest BCUT2D eigenvalue weighted by atomic mass is 10.1. The van der Waals surface area contributed by atoms with Crippen LogP contribution in [-0.4, -0.2) is 17.7 Å². The highest BCUT2D eigenvalue weighted by atomic mass is 16.5. The van der Waals surface area contributed by atoms with Crippen LogP contribution < -0.4 is 5.32 Å². The standard InChI is InChI=1S/C19H19NO4/c1-13-15-9-5-6-10-17(15)24-18(13)16(21)11-20-19(22)23-12-14-7-3-2-4-8-14/h2-10,16,21H,11-12H2,1H3,(H,20,22)/t16-/m1/s1. The zero-order valence-electron chi connectivity index (χ0n) is 13.4. The normalized spacial score (nSPS) is 12.1. The van der Waals surface area contributed by atoms with Crippen molar-refractivity contribution in [2.75, 3.05) is 6.54 Å². The number of ether oxygens (including phenoxy) is 1. The van der Waals surface area contributed by atoms with E-state index < -0.39 is 12.2 Å². The molecule has 0 radical (unpaired) electrons. The van der Waals surface area contributed by atoms with Crippen LogP contribution >= 0.6 is 0 Å². The summed E-state index contributed by atoms with van der Waals surface area (Å²) < 4.78 is 10.8. The number of para-hydroxylation sites is 1. The third-order valence-electron chi connectivity index (χ3n) is 3.84. The Morgan fingerprint density at radius 2 is 1.88 bits per heavy atom. The summed E-state index contributed by atoms with van der Waals surface area (Å²) in [5, 5.41) is 13.8. The molecule has 3 rings (SSSR count). The van der Waals surface area contributed by atoms with Crippen LogP contribution in [0.25, 0.3) is 11.0 Å². The van der Waals surface area contributed by atoms with Crippen molar-refractivity contribution in [2.45, 2.75) is 19.6 Å². The molecule has 1 aromatic heterocycles. The third kappa shape index (κ3) is 3.58. The molecule has 0 unspecified atom stereocenters. The molecule has 3 aromatic rings. The number of aryl methyl sites for hydroxylation is 1.